The van der Waals surface area contributed by atoms with Crippen LogP contribution in [0.15, 0.2) is 53.1 Å². The van der Waals surface area contributed by atoms with Crippen molar-refractivity contribution in [2.75, 3.05) is 13.2 Å². The second kappa shape index (κ2) is 9.90. The van der Waals surface area contributed by atoms with Gasteiger partial charge in [-0.25, -0.2) is 0 Å². The van der Waals surface area contributed by atoms with Gasteiger partial charge >= 0.3 is 0 Å². The molecule has 1 aliphatic heterocycles. The highest BCUT2D eigenvalue weighted by atomic mass is 16.5. The highest BCUT2D eigenvalue weighted by Gasteiger charge is 2.29. The number of ether oxygens (including phenoxy) is 2. The molecule has 1 amide bonds. The van der Waals surface area contributed by atoms with Gasteiger partial charge in [-0.3, -0.25) is 4.79 Å². The van der Waals surface area contributed by atoms with Gasteiger partial charge in [0.2, 0.25) is 5.91 Å². The Bertz CT molecular complexity index is 1020. The van der Waals surface area contributed by atoms with Gasteiger partial charge in [0.15, 0.2) is 0 Å². The van der Waals surface area contributed by atoms with E-state index in [1.807, 2.05) is 62.1 Å². The van der Waals surface area contributed by atoms with Crippen molar-refractivity contribution < 1.29 is 18.8 Å². The summed E-state index contributed by atoms with van der Waals surface area (Å²) >= 11 is 0. The summed E-state index contributed by atoms with van der Waals surface area (Å²) in [6.45, 7) is 7.63. The number of hydrogen-bond acceptors (Lipinski definition) is 5. The molecular formula is C26H30N2O4. The minimum Gasteiger partial charge on any atom is -0.494 e. The number of aromatic nitrogens is 1. The minimum absolute atomic E-state index is 0.135. The van der Waals surface area contributed by atoms with Crippen LogP contribution in [0, 0.1) is 13.8 Å². The second-order valence-corrected chi connectivity index (χ2v) is 8.16. The zero-order valence-electron chi connectivity index (χ0n) is 19.0. The van der Waals surface area contributed by atoms with E-state index in [1.165, 1.54) is 5.56 Å². The summed E-state index contributed by atoms with van der Waals surface area (Å²) in [5.41, 5.74) is 3.97. The van der Waals surface area contributed by atoms with Crippen LogP contribution in [0.2, 0.25) is 0 Å². The van der Waals surface area contributed by atoms with Crippen molar-refractivity contribution in [2.45, 2.75) is 52.7 Å². The number of amides is 1. The van der Waals surface area contributed by atoms with Gasteiger partial charge in [-0.1, -0.05) is 29.4 Å². The minimum atomic E-state index is 0.135. The summed E-state index contributed by atoms with van der Waals surface area (Å²) in [6.07, 6.45) is 2.41. The van der Waals surface area contributed by atoms with Crippen LogP contribution in [0.25, 0.3) is 0 Å². The number of rotatable bonds is 8. The predicted octanol–water partition coefficient (Wildman–Crippen LogP) is 5.18. The van der Waals surface area contributed by atoms with Gasteiger partial charge in [-0.2, -0.15) is 0 Å². The lowest BCUT2D eigenvalue weighted by atomic mass is 10.0. The van der Waals surface area contributed by atoms with E-state index >= 15 is 0 Å². The lowest BCUT2D eigenvalue weighted by molar-refractivity contribution is -0.131. The molecular weight excluding hydrogens is 404 g/mol. The Balaban J connectivity index is 1.35. The molecule has 6 heteroatoms. The maximum absolute atomic E-state index is 13.1. The third-order valence-corrected chi connectivity index (χ3v) is 5.99. The molecule has 0 spiro atoms. The van der Waals surface area contributed by atoms with Crippen LogP contribution in [0.5, 0.6) is 11.5 Å². The van der Waals surface area contributed by atoms with E-state index in [0.29, 0.717) is 19.6 Å². The fraction of sp³-hybridized carbons (Fsp3) is 0.385. The van der Waals surface area contributed by atoms with E-state index in [4.69, 9.17) is 14.0 Å². The first-order valence-corrected chi connectivity index (χ1v) is 11.2. The van der Waals surface area contributed by atoms with Crippen LogP contribution >= 0.6 is 0 Å². The van der Waals surface area contributed by atoms with Crippen molar-refractivity contribution in [2.24, 2.45) is 0 Å². The third kappa shape index (κ3) is 4.96. The van der Waals surface area contributed by atoms with E-state index in [-0.39, 0.29) is 11.9 Å². The molecule has 4 rings (SSSR count). The first-order valence-electron chi connectivity index (χ1n) is 11.2. The summed E-state index contributed by atoms with van der Waals surface area (Å²) in [6, 6.07) is 16.0. The second-order valence-electron chi connectivity index (χ2n) is 8.16. The Morgan fingerprint density at radius 3 is 2.41 bits per heavy atom. The van der Waals surface area contributed by atoms with Crippen molar-refractivity contribution in [3.63, 3.8) is 0 Å². The number of carbonyl (C=O) groups excluding carboxylic acids is 1. The van der Waals surface area contributed by atoms with Gasteiger partial charge in [-0.05, 0) is 69.0 Å². The number of carbonyl (C=O) groups is 1. The Hall–Kier alpha value is -3.28. The highest BCUT2D eigenvalue weighted by Crippen LogP contribution is 2.33. The molecule has 1 aliphatic rings. The van der Waals surface area contributed by atoms with Crippen LogP contribution in [0.3, 0.4) is 0 Å². The average molecular weight is 435 g/mol. The van der Waals surface area contributed by atoms with Crippen LogP contribution in [0.4, 0.5) is 0 Å². The van der Waals surface area contributed by atoms with E-state index in [1.54, 1.807) is 0 Å². The predicted molar refractivity (Wildman–Crippen MR) is 122 cm³/mol. The summed E-state index contributed by atoms with van der Waals surface area (Å²) in [4.78, 5) is 15.1. The molecule has 0 N–H and O–H groups in total. The molecule has 0 aliphatic carbocycles. The topological polar surface area (TPSA) is 64.8 Å². The maximum atomic E-state index is 13.1. The number of likely N-dealkylation sites (tertiary alicyclic amines) is 1. The first kappa shape index (κ1) is 21.9. The highest BCUT2D eigenvalue weighted by molar-refractivity contribution is 5.79. The molecule has 0 saturated carbocycles. The van der Waals surface area contributed by atoms with Gasteiger partial charge in [-0.15, -0.1) is 0 Å². The van der Waals surface area contributed by atoms with E-state index in [0.717, 1.165) is 53.5 Å². The van der Waals surface area contributed by atoms with E-state index in [9.17, 15) is 4.79 Å². The van der Waals surface area contributed by atoms with Crippen molar-refractivity contribution in [3.8, 4) is 11.5 Å². The van der Waals surface area contributed by atoms with Gasteiger partial charge in [0, 0.05) is 6.54 Å². The zero-order chi connectivity index (χ0) is 22.5. The molecule has 2 heterocycles. The molecule has 1 atom stereocenters. The number of benzene rings is 2. The average Bonchev–Trinajstić information content (AvgIpc) is 3.41. The van der Waals surface area contributed by atoms with Crippen molar-refractivity contribution in [1.29, 1.82) is 0 Å². The van der Waals surface area contributed by atoms with Crippen molar-refractivity contribution in [3.05, 3.63) is 76.7 Å². The monoisotopic (exact) mass is 434 g/mol. The molecule has 2 aromatic carbocycles. The fourth-order valence-electron chi connectivity index (χ4n) is 4.21. The fourth-order valence-corrected chi connectivity index (χ4v) is 4.21. The van der Waals surface area contributed by atoms with Gasteiger partial charge < -0.3 is 18.9 Å². The normalized spacial score (nSPS) is 15.7. The summed E-state index contributed by atoms with van der Waals surface area (Å²) in [5, 5.41) is 3.95. The largest absolute Gasteiger partial charge is 0.494 e. The Kier molecular flexibility index (Phi) is 6.78. The molecule has 1 aromatic heterocycles. The van der Waals surface area contributed by atoms with Crippen LogP contribution < -0.4 is 9.47 Å². The standard InChI is InChI=1S/C26H30N2O4/c1-4-30-22-13-9-21(10-14-22)25-6-5-15-28(25)26(29)16-20-7-11-23(12-8-20)31-17-24-18(2)27-32-19(24)3/h7-14,25H,4-6,15-17H2,1-3H3/t25-/m1/s1. The summed E-state index contributed by atoms with van der Waals surface area (Å²) < 4.78 is 16.6. The van der Waals surface area contributed by atoms with Crippen LogP contribution in [0.1, 0.15) is 54.0 Å². The quantitative estimate of drug-likeness (QED) is 0.489. The first-order chi connectivity index (χ1) is 15.5. The molecule has 1 fully saturated rings. The number of nitrogens with zero attached hydrogens (tertiary/aromatic N) is 2. The number of hydrogen-bond donors (Lipinski definition) is 0. The lowest BCUT2D eigenvalue weighted by Crippen LogP contribution is -2.31. The van der Waals surface area contributed by atoms with Crippen molar-refractivity contribution >= 4 is 5.91 Å². The molecule has 32 heavy (non-hydrogen) atoms. The van der Waals surface area contributed by atoms with E-state index < -0.39 is 0 Å². The van der Waals surface area contributed by atoms with Gasteiger partial charge in [0.25, 0.3) is 0 Å². The number of aryl methyl sites for hydroxylation is 2. The summed E-state index contributed by atoms with van der Waals surface area (Å²) in [7, 11) is 0. The summed E-state index contributed by atoms with van der Waals surface area (Å²) in [5.74, 6) is 2.56. The molecule has 6 nitrogen and oxygen atoms in total. The third-order valence-electron chi connectivity index (χ3n) is 5.99. The molecule has 3 aromatic rings. The Morgan fingerprint density at radius 2 is 1.75 bits per heavy atom. The Labute approximate surface area is 189 Å². The molecule has 0 bridgehead atoms. The zero-order valence-corrected chi connectivity index (χ0v) is 19.0. The Morgan fingerprint density at radius 1 is 1.06 bits per heavy atom. The SMILES string of the molecule is CCOc1ccc([C@H]2CCCN2C(=O)Cc2ccc(OCc3c(C)noc3C)cc2)cc1. The van der Waals surface area contributed by atoms with Crippen LogP contribution in [-0.4, -0.2) is 29.1 Å². The molecule has 0 unspecified atom stereocenters. The van der Waals surface area contributed by atoms with Gasteiger partial charge in [0.05, 0.1) is 30.3 Å². The smallest absolute Gasteiger partial charge is 0.227 e. The molecule has 0 radical (unpaired) electrons. The van der Waals surface area contributed by atoms with Crippen LogP contribution in [-0.2, 0) is 17.8 Å². The molecule has 168 valence electrons. The maximum Gasteiger partial charge on any atom is 0.227 e. The van der Waals surface area contributed by atoms with Crippen molar-refractivity contribution in [1.82, 2.24) is 10.1 Å². The molecule has 1 saturated heterocycles. The lowest BCUT2D eigenvalue weighted by Gasteiger charge is -2.25. The van der Waals surface area contributed by atoms with Gasteiger partial charge in [0.1, 0.15) is 23.9 Å². The van der Waals surface area contributed by atoms with E-state index in [2.05, 4.69) is 17.3 Å².